The minimum Gasteiger partial charge on any atom is -0.491 e. The molecule has 3 nitrogen and oxygen atoms in total. The molecule has 3 heteroatoms. The second-order valence-electron chi connectivity index (χ2n) is 6.37. The predicted octanol–water partition coefficient (Wildman–Crippen LogP) is 3.45. The average Bonchev–Trinajstić information content (AvgIpc) is 2.86. The summed E-state index contributed by atoms with van der Waals surface area (Å²) >= 11 is 0. The number of hydrogen-bond acceptors (Lipinski definition) is 3. The van der Waals surface area contributed by atoms with Crippen molar-refractivity contribution in [2.24, 2.45) is 0 Å². The van der Waals surface area contributed by atoms with Crippen molar-refractivity contribution in [1.82, 2.24) is 5.32 Å². The molecule has 1 atom stereocenters. The highest BCUT2D eigenvalue weighted by molar-refractivity contribution is 5.30. The first-order chi connectivity index (χ1) is 9.67. The van der Waals surface area contributed by atoms with Gasteiger partial charge in [0.05, 0.1) is 17.8 Å². The Morgan fingerprint density at radius 3 is 2.85 bits per heavy atom. The van der Waals surface area contributed by atoms with Crippen molar-refractivity contribution in [2.45, 2.75) is 57.3 Å². The number of ether oxygens (including phenoxy) is 2. The second kappa shape index (κ2) is 5.74. The zero-order chi connectivity index (χ0) is 14.0. The van der Waals surface area contributed by atoms with Crippen LogP contribution in [0.25, 0.3) is 0 Å². The molecule has 1 N–H and O–H groups in total. The van der Waals surface area contributed by atoms with Crippen molar-refractivity contribution in [1.29, 1.82) is 0 Å². The van der Waals surface area contributed by atoms with E-state index in [0.717, 1.165) is 18.8 Å². The minimum absolute atomic E-state index is 0.0812. The van der Waals surface area contributed by atoms with E-state index in [9.17, 15) is 0 Å². The van der Waals surface area contributed by atoms with Crippen LogP contribution in [0.3, 0.4) is 0 Å². The summed E-state index contributed by atoms with van der Waals surface area (Å²) in [6.45, 7) is 6.01. The average molecular weight is 275 g/mol. The zero-order valence-corrected chi connectivity index (χ0v) is 12.5. The first-order valence-electron chi connectivity index (χ1n) is 7.82. The Balaban J connectivity index is 1.74. The summed E-state index contributed by atoms with van der Waals surface area (Å²) in [6.07, 6.45) is 5.34. The maximum absolute atomic E-state index is 6.46. The number of benzene rings is 1. The molecule has 1 heterocycles. The normalized spacial score (nSPS) is 25.2. The van der Waals surface area contributed by atoms with Gasteiger partial charge < -0.3 is 14.8 Å². The summed E-state index contributed by atoms with van der Waals surface area (Å²) < 4.78 is 12.2. The van der Waals surface area contributed by atoms with Gasteiger partial charge >= 0.3 is 0 Å². The smallest absolute Gasteiger partial charge is 0.120 e. The van der Waals surface area contributed by atoms with Gasteiger partial charge in [0.1, 0.15) is 5.75 Å². The number of rotatable bonds is 3. The van der Waals surface area contributed by atoms with Crippen molar-refractivity contribution >= 4 is 0 Å². The van der Waals surface area contributed by atoms with Gasteiger partial charge in [0.15, 0.2) is 0 Å². The molecule has 1 aliphatic heterocycles. The summed E-state index contributed by atoms with van der Waals surface area (Å²) in [5.41, 5.74) is 1.30. The van der Waals surface area contributed by atoms with Crippen molar-refractivity contribution in [3.05, 3.63) is 29.8 Å². The lowest BCUT2D eigenvalue weighted by atomic mass is 9.97. The van der Waals surface area contributed by atoms with Crippen molar-refractivity contribution < 1.29 is 9.47 Å². The summed E-state index contributed by atoms with van der Waals surface area (Å²) in [7, 11) is 0. The summed E-state index contributed by atoms with van der Waals surface area (Å²) in [5, 5.41) is 3.56. The maximum Gasteiger partial charge on any atom is 0.120 e. The van der Waals surface area contributed by atoms with Crippen LogP contribution in [-0.2, 0) is 4.74 Å². The first kappa shape index (κ1) is 13.9. The monoisotopic (exact) mass is 275 g/mol. The lowest BCUT2D eigenvalue weighted by Crippen LogP contribution is -2.49. The van der Waals surface area contributed by atoms with E-state index < -0.39 is 0 Å². The van der Waals surface area contributed by atoms with Crippen LogP contribution in [-0.4, -0.2) is 24.8 Å². The third-order valence-corrected chi connectivity index (χ3v) is 4.29. The molecule has 1 saturated carbocycles. The van der Waals surface area contributed by atoms with Gasteiger partial charge in [-0.1, -0.05) is 25.0 Å². The fourth-order valence-corrected chi connectivity index (χ4v) is 3.38. The molecular weight excluding hydrogens is 250 g/mol. The van der Waals surface area contributed by atoms with Crippen LogP contribution < -0.4 is 10.1 Å². The Hall–Kier alpha value is -1.06. The fourth-order valence-electron chi connectivity index (χ4n) is 3.38. The van der Waals surface area contributed by atoms with Crippen LogP contribution in [0.1, 0.15) is 51.2 Å². The van der Waals surface area contributed by atoms with E-state index in [-0.39, 0.29) is 17.8 Å². The molecule has 1 unspecified atom stereocenters. The minimum atomic E-state index is 0.0812. The molecule has 1 spiro atoms. The molecule has 0 aromatic heterocycles. The highest BCUT2D eigenvalue weighted by atomic mass is 16.5. The Bertz CT molecular complexity index is 452. The molecular formula is C17H25NO2. The molecule has 1 aromatic rings. The SMILES string of the molecule is CC(C)Oc1cccc(C2CNCC3(CCCC3)O2)c1. The van der Waals surface area contributed by atoms with Gasteiger partial charge in [-0.3, -0.25) is 0 Å². The molecule has 20 heavy (non-hydrogen) atoms. The summed E-state index contributed by atoms with van der Waals surface area (Å²) in [4.78, 5) is 0. The topological polar surface area (TPSA) is 30.5 Å². The van der Waals surface area contributed by atoms with Crippen LogP contribution in [0, 0.1) is 0 Å². The van der Waals surface area contributed by atoms with E-state index in [2.05, 4.69) is 37.4 Å². The van der Waals surface area contributed by atoms with Crippen LogP contribution >= 0.6 is 0 Å². The lowest BCUT2D eigenvalue weighted by molar-refractivity contribution is -0.114. The van der Waals surface area contributed by atoms with Crippen LogP contribution in [0.4, 0.5) is 0 Å². The quantitative estimate of drug-likeness (QED) is 0.916. The van der Waals surface area contributed by atoms with Gasteiger partial charge in [0.25, 0.3) is 0 Å². The van der Waals surface area contributed by atoms with Gasteiger partial charge in [-0.25, -0.2) is 0 Å². The van der Waals surface area contributed by atoms with Crippen molar-refractivity contribution in [2.75, 3.05) is 13.1 Å². The highest BCUT2D eigenvalue weighted by Crippen LogP contribution is 2.39. The summed E-state index contributed by atoms with van der Waals surface area (Å²) in [6, 6.07) is 8.35. The highest BCUT2D eigenvalue weighted by Gasteiger charge is 2.40. The van der Waals surface area contributed by atoms with Gasteiger partial charge in [-0.15, -0.1) is 0 Å². The van der Waals surface area contributed by atoms with Crippen LogP contribution in [0.2, 0.25) is 0 Å². The summed E-state index contributed by atoms with van der Waals surface area (Å²) in [5.74, 6) is 0.937. The van der Waals surface area contributed by atoms with E-state index in [0.29, 0.717) is 0 Å². The number of nitrogens with one attached hydrogen (secondary N) is 1. The molecule has 2 aliphatic rings. The van der Waals surface area contributed by atoms with E-state index in [4.69, 9.17) is 9.47 Å². The van der Waals surface area contributed by atoms with Crippen LogP contribution in [0.5, 0.6) is 5.75 Å². The van der Waals surface area contributed by atoms with Crippen LogP contribution in [0.15, 0.2) is 24.3 Å². The third kappa shape index (κ3) is 2.99. The largest absolute Gasteiger partial charge is 0.491 e. The molecule has 1 aromatic carbocycles. The molecule has 110 valence electrons. The van der Waals surface area contributed by atoms with E-state index >= 15 is 0 Å². The molecule has 1 saturated heterocycles. The van der Waals surface area contributed by atoms with Gasteiger partial charge in [-0.2, -0.15) is 0 Å². The third-order valence-electron chi connectivity index (χ3n) is 4.29. The van der Waals surface area contributed by atoms with E-state index in [1.165, 1.54) is 31.2 Å². The van der Waals surface area contributed by atoms with Crippen molar-refractivity contribution in [3.8, 4) is 5.75 Å². The van der Waals surface area contributed by atoms with E-state index in [1.54, 1.807) is 0 Å². The predicted molar refractivity (Wildman–Crippen MR) is 80.1 cm³/mol. The Morgan fingerprint density at radius 2 is 2.10 bits per heavy atom. The zero-order valence-electron chi connectivity index (χ0n) is 12.5. The Kier molecular flexibility index (Phi) is 3.99. The second-order valence-corrected chi connectivity index (χ2v) is 6.37. The van der Waals surface area contributed by atoms with Crippen molar-refractivity contribution in [3.63, 3.8) is 0 Å². The van der Waals surface area contributed by atoms with E-state index in [1.807, 2.05) is 6.07 Å². The molecule has 1 aliphatic carbocycles. The Morgan fingerprint density at radius 1 is 1.30 bits per heavy atom. The maximum atomic E-state index is 6.46. The number of morpholine rings is 1. The standard InChI is InChI=1S/C17H25NO2/c1-13(2)19-15-7-5-6-14(10-15)16-11-18-12-17(20-16)8-3-4-9-17/h5-7,10,13,16,18H,3-4,8-9,11-12H2,1-2H3. The molecule has 0 amide bonds. The van der Waals surface area contributed by atoms with Gasteiger partial charge in [0, 0.05) is 13.1 Å². The van der Waals surface area contributed by atoms with Gasteiger partial charge in [0.2, 0.25) is 0 Å². The van der Waals surface area contributed by atoms with Gasteiger partial charge in [-0.05, 0) is 44.4 Å². The Labute approximate surface area is 121 Å². The lowest BCUT2D eigenvalue weighted by Gasteiger charge is -2.39. The first-order valence-corrected chi connectivity index (χ1v) is 7.82. The molecule has 0 radical (unpaired) electrons. The number of hydrogen-bond donors (Lipinski definition) is 1. The fraction of sp³-hybridized carbons (Fsp3) is 0.647. The molecule has 3 rings (SSSR count). The molecule has 2 fully saturated rings. The molecule has 0 bridgehead atoms.